The van der Waals surface area contributed by atoms with Gasteiger partial charge in [-0.15, -0.1) is 0 Å². The lowest BCUT2D eigenvalue weighted by molar-refractivity contribution is -0.0399. The second-order valence-electron chi connectivity index (χ2n) is 27.8. The fraction of sp³-hybridized carbons (Fsp3) is 0.106. The van der Waals surface area contributed by atoms with E-state index >= 15 is 0 Å². The van der Waals surface area contributed by atoms with Crippen LogP contribution in [0.25, 0.3) is 157 Å². The van der Waals surface area contributed by atoms with Gasteiger partial charge in [-0.05, 0) is 186 Å². The molecule has 0 saturated heterocycles. The Kier molecular flexibility index (Phi) is 14.6. The third-order valence-corrected chi connectivity index (χ3v) is 22.0. The number of fused-ring (bicyclic) bond motifs is 3. The first kappa shape index (κ1) is 59.2. The molecule has 13 aromatic carbocycles. The van der Waals surface area contributed by atoms with E-state index in [1.807, 2.05) is 48.5 Å². The summed E-state index contributed by atoms with van der Waals surface area (Å²) in [6.45, 7) is 0. The highest BCUT2D eigenvalue weighted by Crippen LogP contribution is 2.70. The van der Waals surface area contributed by atoms with Gasteiger partial charge in [-0.25, -0.2) is 29.9 Å². The quantitative estimate of drug-likeness (QED) is 0.114. The Morgan fingerprint density at radius 3 is 0.880 bits per heavy atom. The Morgan fingerprint density at radius 2 is 0.460 bits per heavy atom. The minimum atomic E-state index is -0.0231. The zero-order chi connectivity index (χ0) is 66.1. The molecule has 2 aromatic heterocycles. The van der Waals surface area contributed by atoms with Crippen molar-refractivity contribution in [3.8, 4) is 157 Å². The van der Waals surface area contributed by atoms with E-state index in [-0.39, 0.29) is 5.41 Å². The van der Waals surface area contributed by atoms with Crippen molar-refractivity contribution >= 4 is 0 Å². The zero-order valence-electron chi connectivity index (χ0n) is 55.2. The third-order valence-electron chi connectivity index (χ3n) is 22.0. The first-order chi connectivity index (χ1) is 49.4. The molecule has 0 N–H and O–H groups in total. The molecule has 0 amide bonds. The number of hydrogen-bond acceptors (Lipinski definition) is 6. The molecular formula is C94H68N6. The van der Waals surface area contributed by atoms with E-state index in [1.165, 1.54) is 87.7 Å². The van der Waals surface area contributed by atoms with Crippen LogP contribution in [0, 0.1) is 23.7 Å². The summed E-state index contributed by atoms with van der Waals surface area (Å²) >= 11 is 0. The number of hydrogen-bond donors (Lipinski definition) is 0. The van der Waals surface area contributed by atoms with E-state index in [2.05, 4.69) is 279 Å². The monoisotopic (exact) mass is 1280 g/mol. The first-order valence-corrected chi connectivity index (χ1v) is 35.2. The van der Waals surface area contributed by atoms with Crippen molar-refractivity contribution in [1.82, 2.24) is 29.9 Å². The number of benzene rings is 13. The van der Waals surface area contributed by atoms with Gasteiger partial charge in [0.25, 0.3) is 0 Å². The predicted molar refractivity (Wildman–Crippen MR) is 407 cm³/mol. The molecule has 15 aromatic rings. The van der Waals surface area contributed by atoms with Crippen LogP contribution in [0.5, 0.6) is 0 Å². The second kappa shape index (κ2) is 24.8. The maximum atomic E-state index is 5.19. The van der Waals surface area contributed by atoms with E-state index in [4.69, 9.17) is 29.9 Å². The predicted octanol–water partition coefficient (Wildman–Crippen LogP) is 23.5. The minimum Gasteiger partial charge on any atom is -0.208 e. The summed E-state index contributed by atoms with van der Waals surface area (Å²) in [5.41, 5.74) is 28.0. The van der Waals surface area contributed by atoms with Gasteiger partial charge in [0.2, 0.25) is 0 Å². The van der Waals surface area contributed by atoms with Crippen LogP contribution in [-0.4, -0.2) is 29.9 Å². The Balaban J connectivity index is 0.632. The fourth-order valence-corrected chi connectivity index (χ4v) is 17.5. The molecule has 0 aliphatic heterocycles. The van der Waals surface area contributed by atoms with Crippen molar-refractivity contribution in [1.29, 1.82) is 0 Å². The highest BCUT2D eigenvalue weighted by molar-refractivity contribution is 5.95. The maximum Gasteiger partial charge on any atom is 0.164 e. The molecule has 4 saturated carbocycles. The van der Waals surface area contributed by atoms with Crippen LogP contribution in [0.2, 0.25) is 0 Å². The summed E-state index contributed by atoms with van der Waals surface area (Å²) in [5.74, 6) is 6.74. The van der Waals surface area contributed by atoms with Crippen molar-refractivity contribution in [3.63, 3.8) is 0 Å². The molecule has 1 spiro atoms. The summed E-state index contributed by atoms with van der Waals surface area (Å²) in [6.07, 6.45) is 6.68. The summed E-state index contributed by atoms with van der Waals surface area (Å²) in [4.78, 5) is 30.7. The Hall–Kier alpha value is -12.1. The topological polar surface area (TPSA) is 77.3 Å². The van der Waals surface area contributed by atoms with E-state index in [0.717, 1.165) is 78.6 Å². The van der Waals surface area contributed by atoms with Gasteiger partial charge < -0.3 is 0 Å². The van der Waals surface area contributed by atoms with E-state index in [9.17, 15) is 0 Å². The number of aromatic nitrogens is 6. The van der Waals surface area contributed by atoms with Gasteiger partial charge in [-0.1, -0.05) is 297 Å². The molecule has 474 valence electrons. The molecule has 6 nitrogen and oxygen atoms in total. The van der Waals surface area contributed by atoms with Crippen molar-refractivity contribution in [2.24, 2.45) is 23.7 Å². The first-order valence-electron chi connectivity index (χ1n) is 35.2. The fourth-order valence-electron chi connectivity index (χ4n) is 17.5. The van der Waals surface area contributed by atoms with Gasteiger partial charge in [0.1, 0.15) is 0 Å². The van der Waals surface area contributed by atoms with Crippen molar-refractivity contribution < 1.29 is 0 Å². The molecule has 0 unspecified atom stereocenters. The Morgan fingerprint density at radius 1 is 0.190 bits per heavy atom. The lowest BCUT2D eigenvalue weighted by atomic mass is 9.43. The summed E-state index contributed by atoms with van der Waals surface area (Å²) in [7, 11) is 0. The Bertz CT molecular complexity index is 5550. The van der Waals surface area contributed by atoms with E-state index in [1.54, 1.807) is 11.1 Å². The minimum absolute atomic E-state index is 0.0231. The van der Waals surface area contributed by atoms with Gasteiger partial charge >= 0.3 is 0 Å². The van der Waals surface area contributed by atoms with E-state index < -0.39 is 0 Å². The van der Waals surface area contributed by atoms with Crippen LogP contribution in [0.1, 0.15) is 43.2 Å². The number of rotatable bonds is 13. The van der Waals surface area contributed by atoms with Crippen LogP contribution in [0.4, 0.5) is 0 Å². The molecule has 20 rings (SSSR count). The van der Waals surface area contributed by atoms with Crippen molar-refractivity contribution in [2.75, 3.05) is 0 Å². The van der Waals surface area contributed by atoms with Gasteiger partial charge in [-0.3, -0.25) is 0 Å². The van der Waals surface area contributed by atoms with Crippen LogP contribution in [0.3, 0.4) is 0 Å². The Labute approximate surface area is 583 Å². The average Bonchev–Trinajstić information content (AvgIpc) is 1.47. The highest BCUT2D eigenvalue weighted by atomic mass is 15.0. The normalized spacial score (nSPS) is 17.6. The molecule has 2 heterocycles. The molecular weight excluding hydrogens is 1210 g/mol. The summed E-state index contributed by atoms with van der Waals surface area (Å²) < 4.78 is 0. The standard InChI is InChI=1S/C94H68N6/c1-5-18-62(19-6-1)64-40-44-70(45-41-64)90-95-88(68-22-9-3-10-23-68)97-92(99-90)79-32-15-29-75(57-79)73-27-13-26-72(55-73)66-36-38-67(39-37-66)77-48-49-84-86(59-77)94(81-51-60-50-61(53-81)54-82(94)52-60)85-35-17-34-83(87(84)85)78-31-14-28-74(56-78)76-30-16-33-80(58-76)93-98-89(69-24-11-4-12-25-69)96-91(100-93)71-46-42-65(43-47-71)63-20-7-2-8-21-63/h1-49,55-61,81-82H,50-54H2. The van der Waals surface area contributed by atoms with Crippen LogP contribution < -0.4 is 0 Å². The lowest BCUT2D eigenvalue weighted by Crippen LogP contribution is -2.55. The number of nitrogens with zero attached hydrogens (tertiary/aromatic N) is 6. The molecule has 4 bridgehead atoms. The van der Waals surface area contributed by atoms with Crippen molar-refractivity contribution in [2.45, 2.75) is 37.5 Å². The van der Waals surface area contributed by atoms with Gasteiger partial charge in [0.15, 0.2) is 34.9 Å². The SMILES string of the molecule is c1ccc(-c2ccc(-c3nc(-c4ccccc4)nc(-c4cccc(-c5cccc(-c6ccc(-c7ccc8c(c7)C7(c9cccc(-c%10cccc(-c%11cccc(-c%12nc(-c%13ccccc%13)nc(-c%13ccc(-c%14ccccc%14)cc%13)n%12)c%11)c%10)c9-8)C8CC9CC(C8)CC7C9)cc6)c5)c4)n3)cc2)cc1. The molecule has 5 aliphatic carbocycles. The van der Waals surface area contributed by atoms with E-state index in [0.29, 0.717) is 46.8 Å². The van der Waals surface area contributed by atoms with Gasteiger partial charge in [0.05, 0.1) is 0 Å². The molecule has 0 radical (unpaired) electrons. The lowest BCUT2D eigenvalue weighted by Gasteiger charge is -2.61. The van der Waals surface area contributed by atoms with Gasteiger partial charge in [-0.2, -0.15) is 0 Å². The molecule has 4 fully saturated rings. The maximum absolute atomic E-state index is 5.19. The average molecular weight is 1280 g/mol. The largest absolute Gasteiger partial charge is 0.208 e. The van der Waals surface area contributed by atoms with Gasteiger partial charge in [0, 0.05) is 38.8 Å². The molecule has 100 heavy (non-hydrogen) atoms. The van der Waals surface area contributed by atoms with Crippen molar-refractivity contribution in [3.05, 3.63) is 339 Å². The second-order valence-corrected chi connectivity index (χ2v) is 27.8. The summed E-state index contributed by atoms with van der Waals surface area (Å²) in [6, 6.07) is 118. The summed E-state index contributed by atoms with van der Waals surface area (Å²) in [5, 5.41) is 0. The molecule has 6 heteroatoms. The zero-order valence-corrected chi connectivity index (χ0v) is 55.2. The molecule has 5 aliphatic rings. The smallest absolute Gasteiger partial charge is 0.164 e. The highest BCUT2D eigenvalue weighted by Gasteiger charge is 2.62. The third kappa shape index (κ3) is 10.7. The molecule has 0 atom stereocenters. The van der Waals surface area contributed by atoms with Crippen LogP contribution >= 0.6 is 0 Å². The van der Waals surface area contributed by atoms with Crippen LogP contribution in [0.15, 0.2) is 328 Å². The van der Waals surface area contributed by atoms with Crippen LogP contribution in [-0.2, 0) is 5.41 Å².